The third kappa shape index (κ3) is 4.81. The molecule has 2 rings (SSSR count). The van der Waals surface area contributed by atoms with Crippen molar-refractivity contribution in [1.29, 1.82) is 0 Å². The van der Waals surface area contributed by atoms with E-state index < -0.39 is 0 Å². The van der Waals surface area contributed by atoms with Gasteiger partial charge in [-0.25, -0.2) is 0 Å². The standard InChI is InChI=1S/C7H7NO.C6H7N/c9-6-8-7-4-2-1-3-5-7;7-6-4-2-1-3-5-6/h1-6H,(H,8,9);1-5H,7H2. The van der Waals surface area contributed by atoms with E-state index in [-0.39, 0.29) is 0 Å². The molecule has 2 aromatic carbocycles. The molecule has 0 saturated carbocycles. The van der Waals surface area contributed by atoms with Crippen LogP contribution in [0.25, 0.3) is 0 Å². The maximum Gasteiger partial charge on any atom is 0.211 e. The molecule has 82 valence electrons. The minimum Gasteiger partial charge on any atom is -0.399 e. The number of rotatable bonds is 2. The van der Waals surface area contributed by atoms with Gasteiger partial charge >= 0.3 is 0 Å². The molecule has 3 N–H and O–H groups in total. The first-order valence-corrected chi connectivity index (χ1v) is 4.88. The van der Waals surface area contributed by atoms with Crippen molar-refractivity contribution in [2.75, 3.05) is 11.1 Å². The van der Waals surface area contributed by atoms with Crippen LogP contribution < -0.4 is 11.1 Å². The van der Waals surface area contributed by atoms with E-state index in [9.17, 15) is 4.79 Å². The first-order valence-electron chi connectivity index (χ1n) is 4.88. The highest BCUT2D eigenvalue weighted by atomic mass is 16.1. The number of hydrogen-bond acceptors (Lipinski definition) is 2. The summed E-state index contributed by atoms with van der Waals surface area (Å²) in [5, 5.41) is 2.53. The fraction of sp³-hybridized carbons (Fsp3) is 0. The number of amides is 1. The molecular formula is C13H14N2O. The number of nitrogen functional groups attached to an aromatic ring is 1. The second-order valence-electron chi connectivity index (χ2n) is 3.04. The highest BCUT2D eigenvalue weighted by Crippen LogP contribution is 2.01. The lowest BCUT2D eigenvalue weighted by atomic mass is 10.3. The third-order valence-corrected chi connectivity index (χ3v) is 1.80. The van der Waals surface area contributed by atoms with Crippen LogP contribution in [0.3, 0.4) is 0 Å². The Labute approximate surface area is 94.9 Å². The van der Waals surface area contributed by atoms with Crippen molar-refractivity contribution < 1.29 is 4.79 Å². The average Bonchev–Trinajstić information content (AvgIpc) is 2.33. The molecule has 3 heteroatoms. The van der Waals surface area contributed by atoms with Gasteiger partial charge in [-0.05, 0) is 24.3 Å². The normalized spacial score (nSPS) is 8.50. The van der Waals surface area contributed by atoms with Crippen molar-refractivity contribution in [2.45, 2.75) is 0 Å². The topological polar surface area (TPSA) is 55.1 Å². The molecule has 0 bridgehead atoms. The minimum absolute atomic E-state index is 0.662. The summed E-state index contributed by atoms with van der Waals surface area (Å²) >= 11 is 0. The smallest absolute Gasteiger partial charge is 0.211 e. The predicted molar refractivity (Wildman–Crippen MR) is 67.0 cm³/mol. The van der Waals surface area contributed by atoms with Crippen LogP contribution in [0.5, 0.6) is 0 Å². The van der Waals surface area contributed by atoms with Crippen LogP contribution in [0.4, 0.5) is 11.4 Å². The lowest BCUT2D eigenvalue weighted by Gasteiger charge is -1.93. The maximum atomic E-state index is 9.86. The Morgan fingerprint density at radius 2 is 1.38 bits per heavy atom. The van der Waals surface area contributed by atoms with E-state index in [0.717, 1.165) is 11.4 Å². The largest absolute Gasteiger partial charge is 0.399 e. The van der Waals surface area contributed by atoms with Gasteiger partial charge in [-0.1, -0.05) is 36.4 Å². The second kappa shape index (κ2) is 7.06. The summed E-state index contributed by atoms with van der Waals surface area (Å²) in [6, 6.07) is 18.8. The van der Waals surface area contributed by atoms with Gasteiger partial charge in [-0.3, -0.25) is 4.79 Å². The van der Waals surface area contributed by atoms with Crippen molar-refractivity contribution >= 4 is 17.8 Å². The Hall–Kier alpha value is -2.29. The van der Waals surface area contributed by atoms with Crippen molar-refractivity contribution in [1.82, 2.24) is 0 Å². The van der Waals surface area contributed by atoms with Crippen LogP contribution in [-0.4, -0.2) is 6.41 Å². The number of hydrogen-bond donors (Lipinski definition) is 2. The third-order valence-electron chi connectivity index (χ3n) is 1.80. The van der Waals surface area contributed by atoms with Crippen LogP contribution in [0.2, 0.25) is 0 Å². The van der Waals surface area contributed by atoms with Gasteiger partial charge in [-0.15, -0.1) is 0 Å². The fourth-order valence-electron chi connectivity index (χ4n) is 1.06. The minimum atomic E-state index is 0.662. The highest BCUT2D eigenvalue weighted by Gasteiger charge is 1.81. The van der Waals surface area contributed by atoms with Gasteiger partial charge in [0, 0.05) is 11.4 Å². The Bertz CT molecular complexity index is 401. The number of nitrogens with two attached hydrogens (primary N) is 1. The zero-order valence-corrected chi connectivity index (χ0v) is 8.84. The quantitative estimate of drug-likeness (QED) is 0.596. The molecule has 0 aliphatic carbocycles. The van der Waals surface area contributed by atoms with Gasteiger partial charge in [0.05, 0.1) is 0 Å². The van der Waals surface area contributed by atoms with Gasteiger partial charge in [0.15, 0.2) is 0 Å². The molecule has 3 nitrogen and oxygen atoms in total. The zero-order valence-electron chi connectivity index (χ0n) is 8.84. The van der Waals surface area contributed by atoms with E-state index in [1.165, 1.54) is 0 Å². The number of carbonyl (C=O) groups excluding carboxylic acids is 1. The van der Waals surface area contributed by atoms with Gasteiger partial charge in [0.2, 0.25) is 6.41 Å². The van der Waals surface area contributed by atoms with E-state index in [1.54, 1.807) is 0 Å². The fourth-order valence-corrected chi connectivity index (χ4v) is 1.06. The molecule has 16 heavy (non-hydrogen) atoms. The summed E-state index contributed by atoms with van der Waals surface area (Å²) < 4.78 is 0. The number of anilines is 2. The van der Waals surface area contributed by atoms with Crippen LogP contribution >= 0.6 is 0 Å². The highest BCUT2D eigenvalue weighted by molar-refractivity contribution is 5.70. The first-order chi connectivity index (χ1) is 7.83. The van der Waals surface area contributed by atoms with Crippen molar-refractivity contribution in [3.63, 3.8) is 0 Å². The van der Waals surface area contributed by atoms with E-state index in [0.29, 0.717) is 6.41 Å². The predicted octanol–water partition coefficient (Wildman–Crippen LogP) is 2.52. The summed E-state index contributed by atoms with van der Waals surface area (Å²) in [7, 11) is 0. The lowest BCUT2D eigenvalue weighted by Crippen LogP contribution is -1.91. The van der Waals surface area contributed by atoms with Crippen LogP contribution in [0.1, 0.15) is 0 Å². The van der Waals surface area contributed by atoms with E-state index in [2.05, 4.69) is 5.32 Å². The Kier molecular flexibility index (Phi) is 5.20. The van der Waals surface area contributed by atoms with Crippen LogP contribution in [0, 0.1) is 0 Å². The summed E-state index contributed by atoms with van der Waals surface area (Å²) in [4.78, 5) is 9.86. The van der Waals surface area contributed by atoms with Gasteiger partial charge < -0.3 is 11.1 Å². The molecule has 0 aromatic heterocycles. The monoisotopic (exact) mass is 214 g/mol. The molecular weight excluding hydrogens is 200 g/mol. The summed E-state index contributed by atoms with van der Waals surface area (Å²) in [6.45, 7) is 0. The molecule has 0 aliphatic rings. The van der Waals surface area contributed by atoms with Crippen molar-refractivity contribution in [2.24, 2.45) is 0 Å². The molecule has 0 spiro atoms. The Balaban J connectivity index is 0.000000165. The zero-order chi connectivity index (χ0) is 11.6. The molecule has 0 radical (unpaired) electrons. The van der Waals surface area contributed by atoms with Gasteiger partial charge in [-0.2, -0.15) is 0 Å². The lowest BCUT2D eigenvalue weighted by molar-refractivity contribution is -0.105. The van der Waals surface area contributed by atoms with Gasteiger partial charge in [0.1, 0.15) is 0 Å². The van der Waals surface area contributed by atoms with E-state index in [4.69, 9.17) is 5.73 Å². The Morgan fingerprint density at radius 1 is 0.875 bits per heavy atom. The number of nitrogens with one attached hydrogen (secondary N) is 1. The van der Waals surface area contributed by atoms with Gasteiger partial charge in [0.25, 0.3) is 0 Å². The molecule has 0 saturated heterocycles. The SMILES string of the molecule is Nc1ccccc1.O=CNc1ccccc1. The first kappa shape index (κ1) is 11.8. The molecule has 2 aromatic rings. The van der Waals surface area contributed by atoms with Crippen LogP contribution in [-0.2, 0) is 4.79 Å². The van der Waals surface area contributed by atoms with E-state index in [1.807, 2.05) is 60.7 Å². The molecule has 0 aliphatic heterocycles. The summed E-state index contributed by atoms with van der Waals surface area (Å²) in [6.07, 6.45) is 0.662. The maximum absolute atomic E-state index is 9.86. The van der Waals surface area contributed by atoms with Crippen molar-refractivity contribution in [3.05, 3.63) is 60.7 Å². The molecule has 0 heterocycles. The number of benzene rings is 2. The summed E-state index contributed by atoms with van der Waals surface area (Å²) in [5.74, 6) is 0. The average molecular weight is 214 g/mol. The molecule has 0 fully saturated rings. The van der Waals surface area contributed by atoms with Crippen LogP contribution in [0.15, 0.2) is 60.7 Å². The number of carbonyl (C=O) groups is 1. The Morgan fingerprint density at radius 3 is 1.75 bits per heavy atom. The molecule has 1 amide bonds. The summed E-state index contributed by atoms with van der Waals surface area (Å²) in [5.41, 5.74) is 7.01. The van der Waals surface area contributed by atoms with E-state index >= 15 is 0 Å². The molecule has 0 atom stereocenters. The number of para-hydroxylation sites is 2. The van der Waals surface area contributed by atoms with Crippen molar-refractivity contribution in [3.8, 4) is 0 Å². The second-order valence-corrected chi connectivity index (χ2v) is 3.04. The molecule has 0 unspecified atom stereocenters.